The van der Waals surface area contributed by atoms with Gasteiger partial charge in [0.1, 0.15) is 0 Å². The number of ether oxygens (including phenoxy) is 2. The summed E-state index contributed by atoms with van der Waals surface area (Å²) in [6, 6.07) is 0. The molecule has 0 saturated carbocycles. The number of rotatable bonds is 5. The standard InChI is InChI=1S/C10H19F3N2O2/c1-16-9(17-2)7-14-3-5-15(6-4-14)8-10(11,12)13/h9H,3-8H2,1-2H3. The van der Waals surface area contributed by atoms with Crippen LogP contribution in [0.4, 0.5) is 13.2 Å². The largest absolute Gasteiger partial charge is 0.401 e. The Kier molecular flexibility index (Phi) is 5.64. The number of halogens is 3. The van der Waals surface area contributed by atoms with E-state index in [4.69, 9.17) is 9.47 Å². The van der Waals surface area contributed by atoms with Gasteiger partial charge in [0, 0.05) is 46.9 Å². The van der Waals surface area contributed by atoms with Crippen LogP contribution in [0.5, 0.6) is 0 Å². The molecule has 0 aliphatic carbocycles. The van der Waals surface area contributed by atoms with Crippen molar-refractivity contribution < 1.29 is 22.6 Å². The molecule has 0 aromatic rings. The Hall–Kier alpha value is -0.370. The van der Waals surface area contributed by atoms with Crippen LogP contribution in [0.3, 0.4) is 0 Å². The summed E-state index contributed by atoms with van der Waals surface area (Å²) < 4.78 is 46.6. The molecule has 4 nitrogen and oxygen atoms in total. The summed E-state index contributed by atoms with van der Waals surface area (Å²) >= 11 is 0. The summed E-state index contributed by atoms with van der Waals surface area (Å²) in [5, 5.41) is 0. The van der Waals surface area contributed by atoms with Crippen LogP contribution >= 0.6 is 0 Å². The van der Waals surface area contributed by atoms with E-state index >= 15 is 0 Å². The minimum Gasteiger partial charge on any atom is -0.355 e. The van der Waals surface area contributed by atoms with Crippen molar-refractivity contribution in [1.82, 2.24) is 9.80 Å². The molecule has 1 rings (SSSR count). The lowest BCUT2D eigenvalue weighted by atomic mass is 10.3. The van der Waals surface area contributed by atoms with Crippen molar-refractivity contribution in [3.8, 4) is 0 Å². The Morgan fingerprint density at radius 2 is 1.47 bits per heavy atom. The van der Waals surface area contributed by atoms with E-state index in [1.807, 2.05) is 4.90 Å². The van der Waals surface area contributed by atoms with Gasteiger partial charge in [-0.2, -0.15) is 13.2 Å². The maximum Gasteiger partial charge on any atom is 0.401 e. The number of methoxy groups -OCH3 is 2. The van der Waals surface area contributed by atoms with Crippen LogP contribution in [0.2, 0.25) is 0 Å². The highest BCUT2D eigenvalue weighted by molar-refractivity contribution is 4.74. The minimum atomic E-state index is -4.11. The first kappa shape index (κ1) is 14.7. The van der Waals surface area contributed by atoms with Gasteiger partial charge < -0.3 is 9.47 Å². The lowest BCUT2D eigenvalue weighted by Gasteiger charge is -2.35. The smallest absolute Gasteiger partial charge is 0.355 e. The Balaban J connectivity index is 2.26. The van der Waals surface area contributed by atoms with E-state index in [2.05, 4.69) is 0 Å². The second-order valence-electron chi connectivity index (χ2n) is 4.09. The van der Waals surface area contributed by atoms with Crippen molar-refractivity contribution in [2.24, 2.45) is 0 Å². The molecule has 0 amide bonds. The van der Waals surface area contributed by atoms with E-state index in [9.17, 15) is 13.2 Å². The number of piperazine rings is 1. The summed E-state index contributed by atoms with van der Waals surface area (Å²) in [4.78, 5) is 3.47. The molecule has 1 heterocycles. The first-order chi connectivity index (χ1) is 7.94. The minimum absolute atomic E-state index is 0.316. The fraction of sp³-hybridized carbons (Fsp3) is 1.00. The Bertz CT molecular complexity index is 214. The molecule has 1 fully saturated rings. The van der Waals surface area contributed by atoms with Crippen LogP contribution < -0.4 is 0 Å². The van der Waals surface area contributed by atoms with Crippen molar-refractivity contribution in [1.29, 1.82) is 0 Å². The maximum atomic E-state index is 12.2. The van der Waals surface area contributed by atoms with Crippen LogP contribution in [0, 0.1) is 0 Å². The van der Waals surface area contributed by atoms with Gasteiger partial charge in [-0.1, -0.05) is 0 Å². The molecular weight excluding hydrogens is 237 g/mol. The Morgan fingerprint density at radius 3 is 1.88 bits per heavy atom. The molecule has 0 aromatic heterocycles. The maximum absolute atomic E-state index is 12.2. The van der Waals surface area contributed by atoms with Crippen molar-refractivity contribution in [3.05, 3.63) is 0 Å². The first-order valence-electron chi connectivity index (χ1n) is 5.51. The number of alkyl halides is 3. The monoisotopic (exact) mass is 256 g/mol. The zero-order valence-electron chi connectivity index (χ0n) is 10.2. The van der Waals surface area contributed by atoms with Gasteiger partial charge in [0.2, 0.25) is 0 Å². The molecule has 1 aliphatic heterocycles. The summed E-state index contributed by atoms with van der Waals surface area (Å²) in [6.07, 6.45) is -4.42. The van der Waals surface area contributed by atoms with E-state index in [0.717, 1.165) is 0 Å². The van der Waals surface area contributed by atoms with Gasteiger partial charge in [-0.15, -0.1) is 0 Å². The molecule has 0 bridgehead atoms. The molecule has 7 heteroatoms. The van der Waals surface area contributed by atoms with E-state index in [-0.39, 0.29) is 6.29 Å². The van der Waals surface area contributed by atoms with Crippen LogP contribution in [0.25, 0.3) is 0 Å². The van der Waals surface area contributed by atoms with Gasteiger partial charge in [-0.3, -0.25) is 9.80 Å². The third-order valence-electron chi connectivity index (χ3n) is 2.80. The number of hydrogen-bond donors (Lipinski definition) is 0. The molecule has 0 radical (unpaired) electrons. The molecule has 0 unspecified atom stereocenters. The molecule has 0 N–H and O–H groups in total. The van der Waals surface area contributed by atoms with Crippen molar-refractivity contribution in [3.63, 3.8) is 0 Å². The lowest BCUT2D eigenvalue weighted by Crippen LogP contribution is -2.51. The summed E-state index contributed by atoms with van der Waals surface area (Å²) in [6.45, 7) is 1.85. The van der Waals surface area contributed by atoms with Crippen LogP contribution in [0.15, 0.2) is 0 Å². The van der Waals surface area contributed by atoms with Gasteiger partial charge in [-0.05, 0) is 0 Å². The first-order valence-corrected chi connectivity index (χ1v) is 5.51. The summed E-state index contributed by atoms with van der Waals surface area (Å²) in [5.74, 6) is 0. The second-order valence-corrected chi connectivity index (χ2v) is 4.09. The van der Waals surface area contributed by atoms with Gasteiger partial charge in [-0.25, -0.2) is 0 Å². The average Bonchev–Trinajstić information content (AvgIpc) is 2.26. The van der Waals surface area contributed by atoms with E-state index < -0.39 is 12.7 Å². The molecule has 0 spiro atoms. The van der Waals surface area contributed by atoms with Gasteiger partial charge in [0.05, 0.1) is 6.54 Å². The van der Waals surface area contributed by atoms with Crippen LogP contribution in [-0.2, 0) is 9.47 Å². The molecule has 102 valence electrons. The predicted molar refractivity (Wildman–Crippen MR) is 56.7 cm³/mol. The van der Waals surface area contributed by atoms with E-state index in [1.165, 1.54) is 4.90 Å². The highest BCUT2D eigenvalue weighted by Gasteiger charge is 2.32. The highest BCUT2D eigenvalue weighted by Crippen LogP contribution is 2.17. The molecule has 1 saturated heterocycles. The third-order valence-corrected chi connectivity index (χ3v) is 2.80. The summed E-state index contributed by atoms with van der Waals surface area (Å²) in [5.41, 5.74) is 0. The fourth-order valence-corrected chi connectivity index (χ4v) is 1.84. The zero-order valence-corrected chi connectivity index (χ0v) is 10.2. The lowest BCUT2D eigenvalue weighted by molar-refractivity contribution is -0.153. The predicted octanol–water partition coefficient (Wildman–Crippen LogP) is 0.785. The van der Waals surface area contributed by atoms with Crippen LogP contribution in [0.1, 0.15) is 0 Å². The molecule has 1 aliphatic rings. The molecule has 0 atom stereocenters. The topological polar surface area (TPSA) is 24.9 Å². The second kappa shape index (κ2) is 6.53. The van der Waals surface area contributed by atoms with Crippen molar-refractivity contribution in [2.45, 2.75) is 12.5 Å². The normalized spacial score (nSPS) is 20.1. The number of hydrogen-bond acceptors (Lipinski definition) is 4. The fourth-order valence-electron chi connectivity index (χ4n) is 1.84. The molecule has 17 heavy (non-hydrogen) atoms. The highest BCUT2D eigenvalue weighted by atomic mass is 19.4. The van der Waals surface area contributed by atoms with E-state index in [1.54, 1.807) is 14.2 Å². The summed E-state index contributed by atoms with van der Waals surface area (Å²) in [7, 11) is 3.10. The van der Waals surface area contributed by atoms with Gasteiger partial charge >= 0.3 is 6.18 Å². The third kappa shape index (κ3) is 5.67. The van der Waals surface area contributed by atoms with Crippen LogP contribution in [-0.4, -0.2) is 75.8 Å². The van der Waals surface area contributed by atoms with Gasteiger partial charge in [0.15, 0.2) is 6.29 Å². The zero-order chi connectivity index (χ0) is 12.9. The quantitative estimate of drug-likeness (QED) is 0.679. The molecule has 0 aromatic carbocycles. The number of nitrogens with zero attached hydrogens (tertiary/aromatic N) is 2. The average molecular weight is 256 g/mol. The SMILES string of the molecule is COC(CN1CCN(CC(F)(F)F)CC1)OC. The Labute approximate surface area is 99.3 Å². The Morgan fingerprint density at radius 1 is 1.00 bits per heavy atom. The van der Waals surface area contributed by atoms with Gasteiger partial charge in [0.25, 0.3) is 0 Å². The van der Waals surface area contributed by atoms with Crippen molar-refractivity contribution in [2.75, 3.05) is 53.5 Å². The van der Waals surface area contributed by atoms with Crippen molar-refractivity contribution >= 4 is 0 Å². The van der Waals surface area contributed by atoms with E-state index in [0.29, 0.717) is 32.7 Å². The molecular formula is C10H19F3N2O2.